The topological polar surface area (TPSA) is 129 Å². The Hall–Kier alpha value is -3.20. The Labute approximate surface area is 197 Å². The lowest BCUT2D eigenvalue weighted by Crippen LogP contribution is -2.41. The number of primary amides is 1. The largest absolute Gasteiger partial charge is 0.460 e. The molecule has 8 nitrogen and oxygen atoms in total. The number of carbonyl (C=O) groups excluding carboxylic acids is 3. The van der Waals surface area contributed by atoms with Crippen LogP contribution in [0, 0.1) is 18.2 Å². The van der Waals surface area contributed by atoms with Crippen LogP contribution in [0.1, 0.15) is 77.9 Å². The quantitative estimate of drug-likeness (QED) is 0.439. The summed E-state index contributed by atoms with van der Waals surface area (Å²) in [6.07, 6.45) is 4.87. The van der Waals surface area contributed by atoms with Gasteiger partial charge in [-0.05, 0) is 62.1 Å². The summed E-state index contributed by atoms with van der Waals surface area (Å²) in [7, 11) is 0. The summed E-state index contributed by atoms with van der Waals surface area (Å²) in [5.41, 5.74) is 13.4. The van der Waals surface area contributed by atoms with Crippen molar-refractivity contribution in [1.82, 2.24) is 4.57 Å². The van der Waals surface area contributed by atoms with Crippen LogP contribution in [0.2, 0.25) is 0 Å². The molecule has 34 heavy (non-hydrogen) atoms. The van der Waals surface area contributed by atoms with Crippen LogP contribution >= 0.6 is 0 Å². The van der Waals surface area contributed by atoms with Crippen LogP contribution in [0.4, 0.5) is 10.1 Å². The summed E-state index contributed by atoms with van der Waals surface area (Å²) in [6, 6.07) is 2.71. The highest BCUT2D eigenvalue weighted by Crippen LogP contribution is 2.38. The number of nitrogens with zero attached hydrogens (tertiary/aromatic N) is 1. The van der Waals surface area contributed by atoms with Gasteiger partial charge in [-0.1, -0.05) is 13.8 Å². The van der Waals surface area contributed by atoms with Gasteiger partial charge in [-0.2, -0.15) is 0 Å². The Morgan fingerprint density at radius 1 is 1.24 bits per heavy atom. The van der Waals surface area contributed by atoms with Crippen LogP contribution < -0.4 is 16.8 Å². The fourth-order valence-corrected chi connectivity index (χ4v) is 5.07. The number of ketones is 1. The van der Waals surface area contributed by atoms with Crippen LogP contribution in [0.25, 0.3) is 5.69 Å². The molecule has 9 heteroatoms. The standard InChI is InChI=1S/C25H31FN4O4/c1-13-12-30(18-10-25(2,3)11-19(31)20(13)18)14-8-16(26)21(23(28)32)17(9-14)29-22(27)24(33)34-15-6-4-5-7-15/h8-9,12,15,22,29H,4-7,10-11,27H2,1-3H3,(H2,28,32). The first-order valence-electron chi connectivity index (χ1n) is 11.6. The van der Waals surface area contributed by atoms with Crippen molar-refractivity contribution in [1.29, 1.82) is 0 Å². The molecule has 2 aliphatic rings. The average molecular weight is 471 g/mol. The number of Topliss-reactive ketones (excluding diaryl/α,β-unsaturated/α-hetero) is 1. The van der Waals surface area contributed by atoms with Gasteiger partial charge in [0, 0.05) is 23.9 Å². The van der Waals surface area contributed by atoms with E-state index < -0.39 is 29.4 Å². The minimum Gasteiger partial charge on any atom is -0.460 e. The normalized spacial score (nSPS) is 18.4. The van der Waals surface area contributed by atoms with Crippen molar-refractivity contribution in [3.8, 4) is 5.69 Å². The highest BCUT2D eigenvalue weighted by molar-refractivity contribution is 6.01. The van der Waals surface area contributed by atoms with Crippen molar-refractivity contribution in [3.05, 3.63) is 46.5 Å². The number of esters is 1. The maximum Gasteiger partial charge on any atom is 0.343 e. The van der Waals surface area contributed by atoms with Crippen LogP contribution in [-0.4, -0.2) is 34.5 Å². The minimum atomic E-state index is -1.31. The Morgan fingerprint density at radius 2 is 1.91 bits per heavy atom. The number of benzene rings is 1. The summed E-state index contributed by atoms with van der Waals surface area (Å²) < 4.78 is 22.3. The average Bonchev–Trinajstić information content (AvgIpc) is 3.33. The molecule has 1 atom stereocenters. The maximum atomic E-state index is 15.1. The van der Waals surface area contributed by atoms with E-state index >= 15 is 4.39 Å². The predicted octanol–water partition coefficient (Wildman–Crippen LogP) is 3.36. The SMILES string of the molecule is Cc1cn(-c2cc(F)c(C(N)=O)c(NC(N)C(=O)OC3CCCC3)c2)c2c1C(=O)CC(C)(C)C2. The molecule has 2 aromatic rings. The van der Waals surface area contributed by atoms with Gasteiger partial charge in [-0.15, -0.1) is 0 Å². The number of anilines is 1. The summed E-state index contributed by atoms with van der Waals surface area (Å²) >= 11 is 0. The van der Waals surface area contributed by atoms with Crippen LogP contribution in [0.3, 0.4) is 0 Å². The molecule has 182 valence electrons. The van der Waals surface area contributed by atoms with Crippen molar-refractivity contribution in [3.63, 3.8) is 0 Å². The zero-order valence-electron chi connectivity index (χ0n) is 19.7. The van der Waals surface area contributed by atoms with Crippen LogP contribution in [0.5, 0.6) is 0 Å². The second-order valence-corrected chi connectivity index (χ2v) is 10.1. The van der Waals surface area contributed by atoms with E-state index in [1.165, 1.54) is 12.1 Å². The Morgan fingerprint density at radius 3 is 2.56 bits per heavy atom. The number of nitrogens with one attached hydrogen (secondary N) is 1. The van der Waals surface area contributed by atoms with Crippen molar-refractivity contribution in [2.45, 2.75) is 71.6 Å². The van der Waals surface area contributed by atoms with Crippen molar-refractivity contribution < 1.29 is 23.5 Å². The second-order valence-electron chi connectivity index (χ2n) is 10.1. The fraction of sp³-hybridized carbons (Fsp3) is 0.480. The molecule has 1 heterocycles. The molecule has 2 aliphatic carbocycles. The van der Waals surface area contributed by atoms with Gasteiger partial charge in [0.25, 0.3) is 5.91 Å². The first-order chi connectivity index (χ1) is 16.0. The van der Waals surface area contributed by atoms with E-state index in [4.69, 9.17) is 16.2 Å². The smallest absolute Gasteiger partial charge is 0.343 e. The number of aryl methyl sites for hydroxylation is 1. The minimum absolute atomic E-state index is 0.0140. The molecular formula is C25H31FN4O4. The van der Waals surface area contributed by atoms with Crippen LogP contribution in [0.15, 0.2) is 18.3 Å². The lowest BCUT2D eigenvalue weighted by molar-refractivity contribution is -0.149. The summed E-state index contributed by atoms with van der Waals surface area (Å²) in [6.45, 7) is 5.87. The van der Waals surface area contributed by atoms with Gasteiger partial charge in [-0.25, -0.2) is 9.18 Å². The highest BCUT2D eigenvalue weighted by atomic mass is 19.1. The van der Waals surface area contributed by atoms with E-state index in [-0.39, 0.29) is 23.0 Å². The number of carbonyl (C=O) groups is 3. The van der Waals surface area contributed by atoms with Crippen molar-refractivity contribution >= 4 is 23.3 Å². The van der Waals surface area contributed by atoms with Crippen molar-refractivity contribution in [2.24, 2.45) is 16.9 Å². The first-order valence-corrected chi connectivity index (χ1v) is 11.6. The number of fused-ring (bicyclic) bond motifs is 1. The molecule has 5 N–H and O–H groups in total. The van der Waals surface area contributed by atoms with E-state index in [1.54, 1.807) is 10.8 Å². The third-order valence-electron chi connectivity index (χ3n) is 6.61. The van der Waals surface area contributed by atoms with E-state index in [2.05, 4.69) is 5.32 Å². The van der Waals surface area contributed by atoms with E-state index in [9.17, 15) is 14.4 Å². The molecule has 0 aliphatic heterocycles. The Bertz CT molecular complexity index is 1160. The third-order valence-corrected chi connectivity index (χ3v) is 6.61. The van der Waals surface area contributed by atoms with Gasteiger partial charge in [0.05, 0.1) is 16.9 Å². The maximum absolute atomic E-state index is 15.1. The zero-order chi connectivity index (χ0) is 24.8. The Kier molecular flexibility index (Phi) is 6.24. The van der Waals surface area contributed by atoms with Gasteiger partial charge >= 0.3 is 5.97 Å². The number of hydrogen-bond donors (Lipinski definition) is 3. The van der Waals surface area contributed by atoms with Crippen molar-refractivity contribution in [2.75, 3.05) is 5.32 Å². The number of rotatable bonds is 6. The zero-order valence-corrected chi connectivity index (χ0v) is 19.7. The monoisotopic (exact) mass is 470 g/mol. The van der Waals surface area contributed by atoms with Gasteiger partial charge in [0.15, 0.2) is 11.9 Å². The molecule has 0 spiro atoms. The molecule has 1 fully saturated rings. The highest BCUT2D eigenvalue weighted by Gasteiger charge is 2.35. The first kappa shape index (κ1) is 23.9. The molecule has 1 aromatic carbocycles. The molecule has 0 bridgehead atoms. The molecule has 0 saturated heterocycles. The summed E-state index contributed by atoms with van der Waals surface area (Å²) in [5.74, 6) is -2.49. The van der Waals surface area contributed by atoms with Crippen LogP contribution in [-0.2, 0) is 16.0 Å². The summed E-state index contributed by atoms with van der Waals surface area (Å²) in [4.78, 5) is 37.3. The molecule has 4 rings (SSSR count). The Balaban J connectivity index is 1.71. The number of hydrogen-bond acceptors (Lipinski definition) is 6. The molecule has 1 amide bonds. The molecule has 1 saturated carbocycles. The van der Waals surface area contributed by atoms with Gasteiger partial charge in [0.2, 0.25) is 0 Å². The number of nitrogens with two attached hydrogens (primary N) is 2. The number of aromatic nitrogens is 1. The van der Waals surface area contributed by atoms with E-state index in [0.717, 1.165) is 36.9 Å². The van der Waals surface area contributed by atoms with E-state index in [1.807, 2.05) is 20.8 Å². The lowest BCUT2D eigenvalue weighted by Gasteiger charge is -2.30. The lowest BCUT2D eigenvalue weighted by atomic mass is 9.75. The molecule has 1 aromatic heterocycles. The van der Waals surface area contributed by atoms with Gasteiger partial charge < -0.3 is 26.1 Å². The fourth-order valence-electron chi connectivity index (χ4n) is 5.07. The second kappa shape index (κ2) is 8.87. The van der Waals surface area contributed by atoms with Gasteiger partial charge in [-0.3, -0.25) is 9.59 Å². The number of ether oxygens (including phenoxy) is 1. The molecule has 0 radical (unpaired) electrons. The number of halogens is 1. The van der Waals surface area contributed by atoms with E-state index in [0.29, 0.717) is 24.1 Å². The van der Waals surface area contributed by atoms with Gasteiger partial charge in [0.1, 0.15) is 11.9 Å². The third kappa shape index (κ3) is 4.57. The number of amides is 1. The summed E-state index contributed by atoms with van der Waals surface area (Å²) in [5, 5.41) is 2.71. The predicted molar refractivity (Wildman–Crippen MR) is 125 cm³/mol. The molecule has 1 unspecified atom stereocenters. The molecular weight excluding hydrogens is 439 g/mol.